The summed E-state index contributed by atoms with van der Waals surface area (Å²) >= 11 is 0. The van der Waals surface area contributed by atoms with Gasteiger partial charge in [-0.1, -0.05) is 139 Å². The molecule has 6 fully saturated rings. The quantitative estimate of drug-likeness (QED) is 0.0412. The maximum Gasteiger partial charge on any atom is 0.332 e. The van der Waals surface area contributed by atoms with E-state index in [4.69, 9.17) is 56.8 Å². The molecule has 6 aliphatic heterocycles. The van der Waals surface area contributed by atoms with Crippen LogP contribution in [0.1, 0.15) is 151 Å². The van der Waals surface area contributed by atoms with Gasteiger partial charge in [0.15, 0.2) is 24.5 Å². The zero-order valence-electron chi connectivity index (χ0n) is 56.1. The van der Waals surface area contributed by atoms with Gasteiger partial charge in [-0.15, -0.1) is 0 Å². The minimum Gasteiger partial charge on any atom is -0.464 e. The predicted molar refractivity (Wildman–Crippen MR) is 345 cm³/mol. The molecule has 18 nitrogen and oxygen atoms in total. The Bertz CT molecular complexity index is 2670. The number of carbonyl (C=O) groups excluding carboxylic acids is 2. The van der Waals surface area contributed by atoms with Crippen molar-refractivity contribution in [1.82, 2.24) is 9.80 Å². The lowest BCUT2D eigenvalue weighted by atomic mass is 9.78. The Labute approximate surface area is 538 Å². The fraction of sp³-hybridized carbons (Fsp3) is 0.694. The van der Waals surface area contributed by atoms with Gasteiger partial charge in [-0.05, 0) is 87.1 Å². The molecule has 504 valence electrons. The Morgan fingerprint density at radius 1 is 0.889 bits per heavy atom. The van der Waals surface area contributed by atoms with Crippen molar-refractivity contribution in [3.8, 4) is 0 Å². The summed E-state index contributed by atoms with van der Waals surface area (Å²) in [5.74, 6) is -0.802. The number of ether oxygens (including phenoxy) is 12. The monoisotopic (exact) mass is 1260 g/mol. The molecule has 2 aromatic rings. The van der Waals surface area contributed by atoms with Crippen molar-refractivity contribution >= 4 is 12.4 Å². The second-order valence-corrected chi connectivity index (χ2v) is 26.1. The molecule has 0 amide bonds. The van der Waals surface area contributed by atoms with Crippen molar-refractivity contribution in [2.45, 2.75) is 237 Å². The first-order chi connectivity index (χ1) is 43.3. The summed E-state index contributed by atoms with van der Waals surface area (Å²) in [7, 11) is 3.25. The molecule has 20 atom stereocenters. The SMILES string of the molecule is CC.CC[C@H](C)C1O[C@]2(CC[C@@H]1C)C[C@@H](OC=O)C[C@@H](C/C=C(\C)[C@@H](O[C@H]1C[C@H](OC)[C@@H](O[C@H]3C[C@H](OC)[C@@H](OC(=O)COCCN4CCN(C(c5ccccc5)c5ccc(C)cc5)CC4)[C@H](C)O3)[C@H](C)O1)[C@@H](C)/C=C/C=C1\CO[C@@H]3[C@H](O)C(C)=CCC13O)O2.[HH]. The fourth-order valence-electron chi connectivity index (χ4n) is 14.4. The Balaban J connectivity index is 0.00000388. The smallest absolute Gasteiger partial charge is 0.332 e. The van der Waals surface area contributed by atoms with Crippen molar-refractivity contribution < 1.29 is 78.1 Å². The zero-order valence-corrected chi connectivity index (χ0v) is 56.1. The molecule has 2 aromatic carbocycles. The summed E-state index contributed by atoms with van der Waals surface area (Å²) in [4.78, 5) is 30.0. The summed E-state index contributed by atoms with van der Waals surface area (Å²) in [5, 5.41) is 22.6. The van der Waals surface area contributed by atoms with Crippen LogP contribution in [0.4, 0.5) is 0 Å². The van der Waals surface area contributed by atoms with Crippen LogP contribution in [0.3, 0.4) is 0 Å². The molecular formula is C72H110N2O16. The van der Waals surface area contributed by atoms with E-state index >= 15 is 0 Å². The number of aliphatic hydroxyl groups excluding tert-OH is 1. The van der Waals surface area contributed by atoms with Crippen LogP contribution in [-0.2, 0) is 66.4 Å². The van der Waals surface area contributed by atoms with Crippen molar-refractivity contribution in [2.75, 3.05) is 66.8 Å². The molecule has 90 heavy (non-hydrogen) atoms. The van der Waals surface area contributed by atoms with Gasteiger partial charge in [-0.3, -0.25) is 14.6 Å². The van der Waals surface area contributed by atoms with E-state index in [9.17, 15) is 19.8 Å². The van der Waals surface area contributed by atoms with Gasteiger partial charge >= 0.3 is 5.97 Å². The van der Waals surface area contributed by atoms with Crippen LogP contribution in [0.5, 0.6) is 0 Å². The van der Waals surface area contributed by atoms with E-state index in [0.717, 1.165) is 56.6 Å². The summed E-state index contributed by atoms with van der Waals surface area (Å²) in [6.07, 6.45) is 7.75. The molecule has 3 unspecified atom stereocenters. The number of carbonyl (C=O) groups is 2. The molecule has 6 heterocycles. The number of benzene rings is 2. The van der Waals surface area contributed by atoms with Gasteiger partial charge in [0.2, 0.25) is 0 Å². The first-order valence-electron chi connectivity index (χ1n) is 33.5. The molecular weight excluding hydrogens is 1150 g/mol. The van der Waals surface area contributed by atoms with Gasteiger partial charge in [-0.2, -0.15) is 0 Å². The summed E-state index contributed by atoms with van der Waals surface area (Å²) in [5.41, 5.74) is 4.96. The van der Waals surface area contributed by atoms with E-state index in [2.05, 4.69) is 112 Å². The van der Waals surface area contributed by atoms with Crippen LogP contribution in [0.25, 0.3) is 0 Å². The van der Waals surface area contributed by atoms with Crippen LogP contribution in [0.15, 0.2) is 102 Å². The standard InChI is InChI=1S/C70H102N2O16.C2H6.H2/c1-12-45(3)65-49(7)27-29-69(88-65)40-56(81-43-73)37-55(87-69)26-23-48(6)64(47(5)17-16-20-54-41-80-68-63(75)46(4)28-30-70(54,68)76)85-60-39-58(78-11)67(51(9)83-60)86-61-38-57(77-10)66(50(8)82-61)84-59(74)42-79-36-35-71-31-33-72(34-32-71)62(52-18-14-13-15-19-52)53-24-21-44(2)22-25-53;1-2;/h13-25,28,43,45,47,49-51,55-58,60-68,75-76H,12,26-27,29-42H2,1-11H3;1-2H3;1H/b17-16+,48-23+,54-20+;;/t45-,47-,49-,50-,51-,55+,56-,57-,58-,60-,61-,62?,63+,64-,65?,66-,67-,68+,69+,70?;;/m0../s1. The van der Waals surface area contributed by atoms with Crippen LogP contribution in [0, 0.1) is 24.7 Å². The number of hydrogen-bond donors (Lipinski definition) is 2. The molecule has 1 aliphatic carbocycles. The number of fused-ring (bicyclic) bond motifs is 1. The predicted octanol–water partition coefficient (Wildman–Crippen LogP) is 10.5. The van der Waals surface area contributed by atoms with Gasteiger partial charge in [-0.25, -0.2) is 4.79 Å². The Morgan fingerprint density at radius 3 is 2.27 bits per heavy atom. The maximum atomic E-state index is 13.3. The van der Waals surface area contributed by atoms with Crippen molar-refractivity contribution in [3.63, 3.8) is 0 Å². The Hall–Kier alpha value is -4.22. The highest BCUT2D eigenvalue weighted by Gasteiger charge is 2.52. The fourth-order valence-corrected chi connectivity index (χ4v) is 14.4. The lowest BCUT2D eigenvalue weighted by Crippen LogP contribution is -2.56. The van der Waals surface area contributed by atoms with Crippen LogP contribution < -0.4 is 0 Å². The summed E-state index contributed by atoms with van der Waals surface area (Å²) in [6.45, 7) is 27.8. The average Bonchev–Trinajstić information content (AvgIpc) is 1.83. The molecule has 6 saturated heterocycles. The number of esters is 1. The molecule has 7 aliphatic rings. The first kappa shape index (κ1) is 71.6. The molecule has 0 aromatic heterocycles. The largest absolute Gasteiger partial charge is 0.464 e. The van der Waals surface area contributed by atoms with Gasteiger partial charge in [0.1, 0.15) is 42.7 Å². The Morgan fingerprint density at radius 2 is 1.57 bits per heavy atom. The number of aliphatic hydroxyl groups is 2. The van der Waals surface area contributed by atoms with Crippen LogP contribution >= 0.6 is 0 Å². The minimum absolute atomic E-state index is 0. The third kappa shape index (κ3) is 18.0. The first-order valence-corrected chi connectivity index (χ1v) is 33.5. The van der Waals surface area contributed by atoms with E-state index in [1.807, 2.05) is 58.9 Å². The van der Waals surface area contributed by atoms with E-state index in [-0.39, 0.29) is 44.9 Å². The van der Waals surface area contributed by atoms with Gasteiger partial charge in [0.05, 0.1) is 55.9 Å². The molecule has 0 radical (unpaired) electrons. The number of nitrogens with zero attached hydrogens (tertiary/aromatic N) is 2. The highest BCUT2D eigenvalue weighted by atomic mass is 16.7. The van der Waals surface area contributed by atoms with E-state index in [1.54, 1.807) is 14.2 Å². The topological polar surface area (TPSA) is 192 Å². The number of piperazine rings is 1. The number of methoxy groups -OCH3 is 2. The van der Waals surface area contributed by atoms with Gasteiger partial charge < -0.3 is 67.1 Å². The maximum absolute atomic E-state index is 13.3. The minimum atomic E-state index is -1.31. The highest BCUT2D eigenvalue weighted by Crippen LogP contribution is 2.46. The van der Waals surface area contributed by atoms with Gasteiger partial charge in [0.25, 0.3) is 6.47 Å². The molecule has 1 spiro atoms. The van der Waals surface area contributed by atoms with Crippen LogP contribution in [0.2, 0.25) is 0 Å². The van der Waals surface area contributed by atoms with Gasteiger partial charge in [0, 0.05) is 92.8 Å². The third-order valence-electron chi connectivity index (χ3n) is 19.8. The molecule has 0 bridgehead atoms. The van der Waals surface area contributed by atoms with E-state index in [1.165, 1.54) is 16.7 Å². The second-order valence-electron chi connectivity index (χ2n) is 26.1. The lowest BCUT2D eigenvalue weighted by molar-refractivity contribution is -0.340. The molecule has 18 heteroatoms. The molecule has 9 rings (SSSR count). The average molecular weight is 1260 g/mol. The van der Waals surface area contributed by atoms with E-state index in [0.29, 0.717) is 75.6 Å². The third-order valence-corrected chi connectivity index (χ3v) is 19.8. The number of allylic oxidation sites excluding steroid dienone is 2. The summed E-state index contributed by atoms with van der Waals surface area (Å²) < 4.78 is 76.3. The number of rotatable bonds is 25. The van der Waals surface area contributed by atoms with Crippen molar-refractivity contribution in [3.05, 3.63) is 118 Å². The van der Waals surface area contributed by atoms with Crippen molar-refractivity contribution in [1.29, 1.82) is 0 Å². The normalized spacial score (nSPS) is 35.4. The van der Waals surface area contributed by atoms with Crippen molar-refractivity contribution in [2.24, 2.45) is 17.8 Å². The molecule has 2 N–H and O–H groups in total. The Kier molecular flexibility index (Phi) is 26.9. The second kappa shape index (κ2) is 33.8. The van der Waals surface area contributed by atoms with Crippen LogP contribution in [-0.4, -0.2) is 196 Å². The number of hydrogen-bond acceptors (Lipinski definition) is 18. The number of aryl methyl sites for hydroxylation is 1. The summed E-state index contributed by atoms with van der Waals surface area (Å²) in [6, 6.07) is 19.7. The lowest BCUT2D eigenvalue weighted by Gasteiger charge is -2.50. The van der Waals surface area contributed by atoms with E-state index < -0.39 is 84.9 Å². The highest BCUT2D eigenvalue weighted by molar-refractivity contribution is 5.71. The zero-order chi connectivity index (χ0) is 64.7. The molecule has 0 saturated carbocycles.